The molecule has 202 valence electrons. The first-order chi connectivity index (χ1) is 18.5. The van der Waals surface area contributed by atoms with Crippen molar-refractivity contribution >= 4 is 5.78 Å². The number of carbonyl (C=O) groups is 1. The number of halogens is 1. The van der Waals surface area contributed by atoms with E-state index in [1.165, 1.54) is 5.56 Å². The van der Waals surface area contributed by atoms with E-state index in [0.717, 1.165) is 57.4 Å². The molecule has 1 fully saturated rings. The highest BCUT2D eigenvalue weighted by atomic mass is 19.1. The van der Waals surface area contributed by atoms with Crippen LogP contribution in [0.1, 0.15) is 53.7 Å². The SMILES string of the molecule is COc1cc(C(C)=O)ccc1OCCCN1CCC(C(NCCc2ccccc2)c2ccc(F)cc2)CC1. The van der Waals surface area contributed by atoms with Gasteiger partial charge in [0.15, 0.2) is 17.3 Å². The minimum Gasteiger partial charge on any atom is -0.493 e. The maximum absolute atomic E-state index is 13.6. The van der Waals surface area contributed by atoms with Gasteiger partial charge in [-0.2, -0.15) is 0 Å². The zero-order chi connectivity index (χ0) is 26.7. The molecule has 5 nitrogen and oxygen atoms in total. The Bertz CT molecular complexity index is 1150. The number of rotatable bonds is 13. The smallest absolute Gasteiger partial charge is 0.161 e. The summed E-state index contributed by atoms with van der Waals surface area (Å²) in [5.74, 6) is 1.57. The van der Waals surface area contributed by atoms with Crippen molar-refractivity contribution in [2.75, 3.05) is 39.9 Å². The van der Waals surface area contributed by atoms with Crippen LogP contribution in [0.4, 0.5) is 4.39 Å². The fourth-order valence-corrected chi connectivity index (χ4v) is 5.23. The van der Waals surface area contributed by atoms with Crippen LogP contribution in [0.25, 0.3) is 0 Å². The molecule has 3 aromatic rings. The Hall–Kier alpha value is -3.22. The van der Waals surface area contributed by atoms with Crippen LogP contribution in [0.3, 0.4) is 0 Å². The number of hydrogen-bond donors (Lipinski definition) is 1. The summed E-state index contributed by atoms with van der Waals surface area (Å²) in [5, 5.41) is 3.79. The number of hydrogen-bond acceptors (Lipinski definition) is 5. The Morgan fingerprint density at radius 2 is 1.76 bits per heavy atom. The van der Waals surface area contributed by atoms with Crippen LogP contribution in [0.5, 0.6) is 11.5 Å². The number of ether oxygens (including phenoxy) is 2. The molecule has 1 saturated heterocycles. The molecule has 1 unspecified atom stereocenters. The number of nitrogens with zero attached hydrogens (tertiary/aromatic N) is 1. The molecule has 0 spiro atoms. The summed E-state index contributed by atoms with van der Waals surface area (Å²) in [6.45, 7) is 6.08. The topological polar surface area (TPSA) is 50.8 Å². The van der Waals surface area contributed by atoms with Crippen LogP contribution in [0.15, 0.2) is 72.8 Å². The lowest BCUT2D eigenvalue weighted by Gasteiger charge is -2.37. The lowest BCUT2D eigenvalue weighted by Crippen LogP contribution is -2.40. The molecule has 0 bridgehead atoms. The summed E-state index contributed by atoms with van der Waals surface area (Å²) in [5.41, 5.74) is 3.10. The molecule has 1 N–H and O–H groups in total. The lowest BCUT2D eigenvalue weighted by atomic mass is 9.85. The van der Waals surface area contributed by atoms with Gasteiger partial charge in [-0.15, -0.1) is 0 Å². The van der Waals surface area contributed by atoms with E-state index in [2.05, 4.69) is 34.5 Å². The third-order valence-electron chi connectivity index (χ3n) is 7.40. The second-order valence-electron chi connectivity index (χ2n) is 10.0. The van der Waals surface area contributed by atoms with Crippen LogP contribution < -0.4 is 14.8 Å². The first-order valence-corrected chi connectivity index (χ1v) is 13.6. The van der Waals surface area contributed by atoms with Gasteiger partial charge in [-0.25, -0.2) is 4.39 Å². The lowest BCUT2D eigenvalue weighted by molar-refractivity contribution is 0.101. The first-order valence-electron chi connectivity index (χ1n) is 13.6. The van der Waals surface area contributed by atoms with Crippen LogP contribution in [0.2, 0.25) is 0 Å². The quantitative estimate of drug-likeness (QED) is 0.219. The van der Waals surface area contributed by atoms with E-state index in [9.17, 15) is 9.18 Å². The average Bonchev–Trinajstić information content (AvgIpc) is 2.95. The van der Waals surface area contributed by atoms with Crippen molar-refractivity contribution < 1.29 is 18.7 Å². The maximum atomic E-state index is 13.6. The molecule has 1 heterocycles. The number of methoxy groups -OCH3 is 1. The molecule has 0 saturated carbocycles. The van der Waals surface area contributed by atoms with E-state index in [0.29, 0.717) is 29.6 Å². The highest BCUT2D eigenvalue weighted by molar-refractivity contribution is 5.94. The van der Waals surface area contributed by atoms with E-state index < -0.39 is 0 Å². The van der Waals surface area contributed by atoms with Crippen LogP contribution in [-0.2, 0) is 6.42 Å². The van der Waals surface area contributed by atoms with Gasteiger partial charge in [-0.1, -0.05) is 42.5 Å². The Balaban J connectivity index is 1.25. The number of nitrogens with one attached hydrogen (secondary N) is 1. The van der Waals surface area contributed by atoms with E-state index in [-0.39, 0.29) is 17.6 Å². The zero-order valence-electron chi connectivity index (χ0n) is 22.5. The minimum atomic E-state index is -0.193. The molecule has 6 heteroatoms. The van der Waals surface area contributed by atoms with Gasteiger partial charge in [0.2, 0.25) is 0 Å². The van der Waals surface area contributed by atoms with Crippen molar-refractivity contribution in [2.24, 2.45) is 5.92 Å². The Kier molecular flexibility index (Phi) is 10.3. The molecule has 0 amide bonds. The highest BCUT2D eigenvalue weighted by Gasteiger charge is 2.27. The number of likely N-dealkylation sites (tertiary alicyclic amines) is 1. The second kappa shape index (κ2) is 14.1. The van der Waals surface area contributed by atoms with Crippen molar-refractivity contribution in [3.05, 3.63) is 95.3 Å². The van der Waals surface area contributed by atoms with Crippen LogP contribution in [0, 0.1) is 11.7 Å². The Morgan fingerprint density at radius 1 is 1.03 bits per heavy atom. The summed E-state index contributed by atoms with van der Waals surface area (Å²) in [7, 11) is 1.59. The molecule has 38 heavy (non-hydrogen) atoms. The molecule has 1 aliphatic heterocycles. The molecular weight excluding hydrogens is 479 g/mol. The second-order valence-corrected chi connectivity index (χ2v) is 10.0. The largest absolute Gasteiger partial charge is 0.493 e. The Morgan fingerprint density at radius 3 is 2.45 bits per heavy atom. The third-order valence-corrected chi connectivity index (χ3v) is 7.40. The standard InChI is InChI=1S/C32H39FN2O3/c1-24(36)28-11-14-30(31(23-28)37-2)38-22-6-19-35-20-16-27(17-21-35)32(26-9-12-29(33)13-10-26)34-18-15-25-7-4-3-5-8-25/h3-5,7-14,23,27,32,34H,6,15-22H2,1-2H3. The third kappa shape index (κ3) is 7.89. The van der Waals surface area contributed by atoms with E-state index in [1.807, 2.05) is 18.2 Å². The minimum absolute atomic E-state index is 0.00585. The molecule has 1 atom stereocenters. The molecule has 4 rings (SSSR count). The van der Waals surface area contributed by atoms with Gasteiger partial charge in [0, 0.05) is 18.2 Å². The van der Waals surface area contributed by atoms with E-state index >= 15 is 0 Å². The molecule has 0 aromatic heterocycles. The van der Waals surface area contributed by atoms with Gasteiger partial charge in [0.05, 0.1) is 13.7 Å². The summed E-state index contributed by atoms with van der Waals surface area (Å²) in [6.07, 6.45) is 4.09. The van der Waals surface area contributed by atoms with Crippen molar-refractivity contribution in [3.8, 4) is 11.5 Å². The zero-order valence-corrected chi connectivity index (χ0v) is 22.5. The van der Waals surface area contributed by atoms with Gasteiger partial charge >= 0.3 is 0 Å². The Labute approximate surface area is 226 Å². The fraction of sp³-hybridized carbons (Fsp3) is 0.406. The normalized spacial score (nSPS) is 15.2. The van der Waals surface area contributed by atoms with Crippen molar-refractivity contribution in [1.29, 1.82) is 0 Å². The predicted molar refractivity (Wildman–Crippen MR) is 150 cm³/mol. The monoisotopic (exact) mass is 518 g/mol. The van der Waals surface area contributed by atoms with Crippen molar-refractivity contribution in [3.63, 3.8) is 0 Å². The number of carbonyl (C=O) groups excluding carboxylic acids is 1. The summed E-state index contributed by atoms with van der Waals surface area (Å²) < 4.78 is 25.0. The predicted octanol–water partition coefficient (Wildman–Crippen LogP) is 6.09. The van der Waals surface area contributed by atoms with Crippen LogP contribution >= 0.6 is 0 Å². The number of ketones is 1. The van der Waals surface area contributed by atoms with Gasteiger partial charge < -0.3 is 19.7 Å². The van der Waals surface area contributed by atoms with E-state index in [4.69, 9.17) is 9.47 Å². The van der Waals surface area contributed by atoms with Gasteiger partial charge in [-0.3, -0.25) is 4.79 Å². The number of benzene rings is 3. The van der Waals surface area contributed by atoms with Gasteiger partial charge in [-0.05, 0) is 99.6 Å². The molecule has 1 aliphatic rings. The molecular formula is C32H39FN2O3. The molecule has 3 aromatic carbocycles. The molecule has 0 aliphatic carbocycles. The molecule has 0 radical (unpaired) electrons. The van der Waals surface area contributed by atoms with Crippen LogP contribution in [-0.4, -0.2) is 50.6 Å². The fourth-order valence-electron chi connectivity index (χ4n) is 5.23. The van der Waals surface area contributed by atoms with Gasteiger partial charge in [0.25, 0.3) is 0 Å². The van der Waals surface area contributed by atoms with Crippen molar-refractivity contribution in [1.82, 2.24) is 10.2 Å². The average molecular weight is 519 g/mol. The maximum Gasteiger partial charge on any atom is 0.161 e. The first kappa shape index (κ1) is 27.8. The number of piperidine rings is 1. The van der Waals surface area contributed by atoms with E-state index in [1.54, 1.807) is 44.4 Å². The summed E-state index contributed by atoms with van der Waals surface area (Å²) in [6, 6.07) is 23.0. The van der Waals surface area contributed by atoms with Gasteiger partial charge in [0.1, 0.15) is 5.82 Å². The summed E-state index contributed by atoms with van der Waals surface area (Å²) in [4.78, 5) is 14.1. The highest BCUT2D eigenvalue weighted by Crippen LogP contribution is 2.32. The van der Waals surface area contributed by atoms with Crippen molar-refractivity contribution in [2.45, 2.75) is 38.6 Å². The summed E-state index contributed by atoms with van der Waals surface area (Å²) >= 11 is 0. The number of Topliss-reactive ketones (excluding diaryl/α,β-unsaturated/α-hetero) is 1.